The number of fused-ring (bicyclic) bond motifs is 3. The molecule has 12 nitrogen and oxygen atoms in total. The zero-order valence-electron chi connectivity index (χ0n) is 23.3. The summed E-state index contributed by atoms with van der Waals surface area (Å²) in [7, 11) is -6.28. The van der Waals surface area contributed by atoms with Crippen LogP contribution in [0.5, 0.6) is 17.2 Å². The van der Waals surface area contributed by atoms with Crippen molar-refractivity contribution in [2.45, 2.75) is 75.7 Å². The van der Waals surface area contributed by atoms with Gasteiger partial charge in [0.15, 0.2) is 23.6 Å². The fourth-order valence-corrected chi connectivity index (χ4v) is 6.39. The number of aromatic hydroxyl groups is 2. The van der Waals surface area contributed by atoms with Crippen molar-refractivity contribution >= 4 is 27.5 Å². The molecule has 0 bridgehead atoms. The van der Waals surface area contributed by atoms with Crippen LogP contribution in [0.25, 0.3) is 0 Å². The number of rotatable bonds is 5. The maximum Gasteiger partial charge on any atom is 0.534 e. The van der Waals surface area contributed by atoms with Crippen LogP contribution in [0.4, 0.5) is 13.2 Å². The fourth-order valence-electron chi connectivity index (χ4n) is 5.92. The number of phenolic OH excluding ortho intramolecular Hbond substituents is 2. The first-order valence-electron chi connectivity index (χ1n) is 13.3. The zero-order chi connectivity index (χ0) is 32.7. The predicted molar refractivity (Wildman–Crippen MR) is 141 cm³/mol. The molecule has 0 radical (unpaired) electrons. The number of aliphatic hydroxyl groups excluding tert-OH is 1. The van der Waals surface area contributed by atoms with E-state index in [1.54, 1.807) is 13.8 Å². The van der Waals surface area contributed by atoms with Gasteiger partial charge in [-0.25, -0.2) is 0 Å². The van der Waals surface area contributed by atoms with E-state index in [0.717, 1.165) is 19.1 Å². The number of hydrogen-bond donors (Lipinski definition) is 4. The highest BCUT2D eigenvalue weighted by Gasteiger charge is 2.51. The van der Waals surface area contributed by atoms with E-state index in [-0.39, 0.29) is 23.5 Å². The summed E-state index contributed by atoms with van der Waals surface area (Å²) >= 11 is 0. The Hall–Kier alpha value is -3.57. The van der Waals surface area contributed by atoms with Crippen LogP contribution in [-0.2, 0) is 30.8 Å². The van der Waals surface area contributed by atoms with Crippen LogP contribution >= 0.6 is 0 Å². The number of hydrogen-bond acceptors (Lipinski definition) is 12. The molecule has 0 amide bonds. The fraction of sp³-hybridized carbons (Fsp3) is 0.464. The van der Waals surface area contributed by atoms with E-state index in [1.807, 2.05) is 0 Å². The molecule has 1 fully saturated rings. The largest absolute Gasteiger partial charge is 0.534 e. The van der Waals surface area contributed by atoms with Gasteiger partial charge in [-0.1, -0.05) is 19.1 Å². The molecule has 1 saturated heterocycles. The first-order valence-corrected chi connectivity index (χ1v) is 14.8. The lowest BCUT2D eigenvalue weighted by molar-refractivity contribution is -0.255. The SMILES string of the molecule is CC(=O)[C@]1(O)Cc2c(O)c3c(c(O)c2[C@@H](OC2CC(C)C(O)C(C)O2)C1)C(=O)c1c(OS(=O)(=O)C(F)(F)F)cccc1C3=O. The molecule has 2 aromatic rings. The topological polar surface area (TPSA) is 194 Å². The Morgan fingerprint density at radius 3 is 2.30 bits per heavy atom. The summed E-state index contributed by atoms with van der Waals surface area (Å²) in [6.07, 6.45) is -5.01. The molecule has 3 aliphatic rings. The molecule has 0 saturated carbocycles. The number of benzene rings is 2. The number of Topliss-reactive ketones (excluding diaryl/α,β-unsaturated/α-hetero) is 1. The lowest BCUT2D eigenvalue weighted by Crippen LogP contribution is -2.47. The van der Waals surface area contributed by atoms with Gasteiger partial charge in [0.05, 0.1) is 35.0 Å². The van der Waals surface area contributed by atoms with Crippen LogP contribution in [0.2, 0.25) is 0 Å². The van der Waals surface area contributed by atoms with Crippen LogP contribution in [0, 0.1) is 5.92 Å². The van der Waals surface area contributed by atoms with E-state index in [4.69, 9.17) is 9.47 Å². The Balaban J connectivity index is 1.68. The molecule has 4 N–H and O–H groups in total. The third-order valence-electron chi connectivity index (χ3n) is 8.30. The van der Waals surface area contributed by atoms with Crippen LogP contribution in [0.3, 0.4) is 0 Å². The molecular weight excluding hydrogens is 617 g/mol. The Kier molecular flexibility index (Phi) is 7.61. The number of ether oxygens (including phenoxy) is 2. The number of carbonyl (C=O) groups is 3. The lowest BCUT2D eigenvalue weighted by atomic mass is 9.72. The van der Waals surface area contributed by atoms with E-state index in [9.17, 15) is 56.4 Å². The molecule has 0 aromatic heterocycles. The summed E-state index contributed by atoms with van der Waals surface area (Å²) in [5.41, 5.74) is -11.8. The number of ketones is 3. The first kappa shape index (κ1) is 31.8. The van der Waals surface area contributed by atoms with Crippen LogP contribution in [0.1, 0.15) is 82.7 Å². The lowest BCUT2D eigenvalue weighted by Gasteiger charge is -2.42. The molecule has 1 heterocycles. The molecule has 2 aromatic carbocycles. The summed E-state index contributed by atoms with van der Waals surface area (Å²) in [5, 5.41) is 44.3. The molecule has 6 atom stereocenters. The Morgan fingerprint density at radius 2 is 1.70 bits per heavy atom. The van der Waals surface area contributed by atoms with Gasteiger partial charge in [0.1, 0.15) is 17.1 Å². The number of carbonyl (C=O) groups excluding carboxylic acids is 3. The normalized spacial score (nSPS) is 28.6. The summed E-state index contributed by atoms with van der Waals surface area (Å²) in [6, 6.07) is 2.65. The second kappa shape index (κ2) is 10.5. The highest BCUT2D eigenvalue weighted by Crippen LogP contribution is 2.52. The van der Waals surface area contributed by atoms with Gasteiger partial charge in [0, 0.05) is 36.0 Å². The molecule has 4 unspecified atom stereocenters. The maximum atomic E-state index is 13.7. The first-order chi connectivity index (χ1) is 20.3. The quantitative estimate of drug-likeness (QED) is 0.180. The van der Waals surface area contributed by atoms with E-state index < -0.39 is 116 Å². The van der Waals surface area contributed by atoms with Gasteiger partial charge in [-0.15, -0.1) is 0 Å². The van der Waals surface area contributed by atoms with E-state index in [1.165, 1.54) is 0 Å². The summed E-state index contributed by atoms with van der Waals surface area (Å²) in [6.45, 7) is 4.38. The van der Waals surface area contributed by atoms with E-state index in [2.05, 4.69) is 4.18 Å². The van der Waals surface area contributed by atoms with Crippen molar-refractivity contribution in [3.05, 3.63) is 51.6 Å². The molecule has 5 rings (SSSR count). The van der Waals surface area contributed by atoms with Crippen molar-refractivity contribution in [1.82, 2.24) is 0 Å². The number of halogens is 3. The molecule has 44 heavy (non-hydrogen) atoms. The molecule has 0 spiro atoms. The standard InChI is InChI=1S/C28H27F3O12S/c1-10-7-17(41-11(2)22(10)33)42-16-9-27(38,12(3)32)8-14-19(16)26(37)21-20(24(14)35)23(34)13-5-4-6-15(18(13)25(21)36)43-44(39,40)28(29,30)31/h4-6,10-11,16-17,22,33,35,37-38H,7-9H2,1-3H3/t10?,11?,16-,17?,22?,27-/m0/s1. The Labute approximate surface area is 248 Å². The minimum atomic E-state index is -6.28. The van der Waals surface area contributed by atoms with Gasteiger partial charge in [0.2, 0.25) is 5.78 Å². The molecular formula is C28H27F3O12S. The van der Waals surface area contributed by atoms with Gasteiger partial charge < -0.3 is 34.1 Å². The molecule has 16 heteroatoms. The Bertz CT molecular complexity index is 1690. The van der Waals surface area contributed by atoms with Gasteiger partial charge in [-0.05, 0) is 25.8 Å². The van der Waals surface area contributed by atoms with Gasteiger partial charge in [-0.2, -0.15) is 21.6 Å². The van der Waals surface area contributed by atoms with Gasteiger partial charge in [-0.3, -0.25) is 14.4 Å². The third-order valence-corrected chi connectivity index (χ3v) is 9.27. The highest BCUT2D eigenvalue weighted by atomic mass is 32.2. The van der Waals surface area contributed by atoms with Gasteiger partial charge >= 0.3 is 15.6 Å². The molecule has 2 aliphatic carbocycles. The second-order valence-electron chi connectivity index (χ2n) is 11.2. The summed E-state index contributed by atoms with van der Waals surface area (Å²) < 4.78 is 78.6. The number of phenols is 2. The van der Waals surface area contributed by atoms with Crippen molar-refractivity contribution in [1.29, 1.82) is 0 Å². The van der Waals surface area contributed by atoms with Crippen molar-refractivity contribution in [3.8, 4) is 17.2 Å². The van der Waals surface area contributed by atoms with E-state index >= 15 is 0 Å². The number of aliphatic hydroxyl groups is 2. The summed E-state index contributed by atoms with van der Waals surface area (Å²) in [5.74, 6) is -6.58. The Morgan fingerprint density at radius 1 is 1.07 bits per heavy atom. The van der Waals surface area contributed by atoms with Crippen molar-refractivity contribution < 1.29 is 70.1 Å². The monoisotopic (exact) mass is 644 g/mol. The smallest absolute Gasteiger partial charge is 0.507 e. The zero-order valence-corrected chi connectivity index (χ0v) is 24.2. The van der Waals surface area contributed by atoms with Crippen molar-refractivity contribution in [2.75, 3.05) is 0 Å². The molecule has 238 valence electrons. The highest BCUT2D eigenvalue weighted by molar-refractivity contribution is 7.88. The van der Waals surface area contributed by atoms with Crippen LogP contribution in [-0.4, -0.2) is 75.8 Å². The average molecular weight is 645 g/mol. The predicted octanol–water partition coefficient (Wildman–Crippen LogP) is 2.56. The molecule has 1 aliphatic heterocycles. The van der Waals surface area contributed by atoms with Crippen molar-refractivity contribution in [3.63, 3.8) is 0 Å². The minimum Gasteiger partial charge on any atom is -0.507 e. The van der Waals surface area contributed by atoms with Crippen LogP contribution in [0.15, 0.2) is 18.2 Å². The average Bonchev–Trinajstić information content (AvgIpc) is 2.91. The van der Waals surface area contributed by atoms with Crippen LogP contribution < -0.4 is 4.18 Å². The summed E-state index contributed by atoms with van der Waals surface area (Å²) in [4.78, 5) is 39.8. The second-order valence-corrected chi connectivity index (χ2v) is 12.8. The minimum absolute atomic E-state index is 0.132. The van der Waals surface area contributed by atoms with Crippen molar-refractivity contribution in [2.24, 2.45) is 5.92 Å². The number of alkyl halides is 3. The van der Waals surface area contributed by atoms with Gasteiger partial charge in [0.25, 0.3) is 0 Å². The third kappa shape index (κ3) is 4.94. The maximum absolute atomic E-state index is 13.7. The van der Waals surface area contributed by atoms with E-state index in [0.29, 0.717) is 6.07 Å².